The lowest BCUT2D eigenvalue weighted by Gasteiger charge is -2.09. The van der Waals surface area contributed by atoms with Crippen LogP contribution in [0.2, 0.25) is 0 Å². The highest BCUT2D eigenvalue weighted by Gasteiger charge is 2.18. The van der Waals surface area contributed by atoms with E-state index < -0.39 is 12.1 Å². The van der Waals surface area contributed by atoms with Crippen molar-refractivity contribution in [1.29, 1.82) is 0 Å². The van der Waals surface area contributed by atoms with E-state index in [1.165, 1.54) is 6.07 Å². The fraction of sp³-hybridized carbons (Fsp3) is 0.148. The van der Waals surface area contributed by atoms with Crippen LogP contribution in [0, 0.1) is 12.7 Å². The van der Waals surface area contributed by atoms with E-state index in [4.69, 9.17) is 19.1 Å². The summed E-state index contributed by atoms with van der Waals surface area (Å²) in [6.07, 6.45) is -0.509. The molecule has 0 bridgehead atoms. The number of anilines is 1. The monoisotopic (exact) mass is 490 g/mol. The van der Waals surface area contributed by atoms with Gasteiger partial charge < -0.3 is 19.1 Å². The molecule has 0 spiro atoms. The zero-order chi connectivity index (χ0) is 25.5. The Kier molecular flexibility index (Phi) is 7.60. The van der Waals surface area contributed by atoms with Gasteiger partial charge in [-0.15, -0.1) is 0 Å². The second kappa shape index (κ2) is 11.2. The predicted octanol–water partition coefficient (Wildman–Crippen LogP) is 6.00. The lowest BCUT2D eigenvalue weighted by molar-refractivity contribution is -0.136. The van der Waals surface area contributed by atoms with Crippen molar-refractivity contribution in [2.45, 2.75) is 19.8 Å². The number of aromatic nitrogens is 1. The first-order valence-corrected chi connectivity index (χ1v) is 11.1. The Morgan fingerprint density at radius 2 is 1.67 bits per heavy atom. The largest absolute Gasteiger partial charge is 0.481 e. The average Bonchev–Trinajstić information content (AvgIpc) is 3.21. The van der Waals surface area contributed by atoms with Gasteiger partial charge in [-0.1, -0.05) is 35.5 Å². The van der Waals surface area contributed by atoms with Gasteiger partial charge >= 0.3 is 12.1 Å². The number of aryl methyl sites for hydroxylation is 1. The first kappa shape index (κ1) is 24.5. The summed E-state index contributed by atoms with van der Waals surface area (Å²) in [6, 6.07) is 20.1. The lowest BCUT2D eigenvalue weighted by Crippen LogP contribution is -2.16. The Balaban J connectivity index is 1.37. The van der Waals surface area contributed by atoms with Crippen LogP contribution in [-0.2, 0) is 22.4 Å². The van der Waals surface area contributed by atoms with Crippen LogP contribution in [0.3, 0.4) is 0 Å². The van der Waals surface area contributed by atoms with E-state index in [0.717, 1.165) is 0 Å². The molecule has 36 heavy (non-hydrogen) atoms. The topological polar surface area (TPSA) is 111 Å². The number of benzene rings is 3. The Hall–Kier alpha value is -4.66. The van der Waals surface area contributed by atoms with Crippen LogP contribution >= 0.6 is 0 Å². The second-order valence-electron chi connectivity index (χ2n) is 7.92. The van der Waals surface area contributed by atoms with Crippen molar-refractivity contribution in [2.75, 3.05) is 11.9 Å². The van der Waals surface area contributed by atoms with Crippen molar-refractivity contribution >= 4 is 17.7 Å². The van der Waals surface area contributed by atoms with E-state index >= 15 is 0 Å². The molecule has 9 heteroatoms. The van der Waals surface area contributed by atoms with Gasteiger partial charge in [0.25, 0.3) is 0 Å². The van der Waals surface area contributed by atoms with Crippen LogP contribution < -0.4 is 10.1 Å². The average molecular weight is 490 g/mol. The molecule has 0 aliphatic carbocycles. The summed E-state index contributed by atoms with van der Waals surface area (Å²) >= 11 is 0. The normalized spacial score (nSPS) is 10.6. The zero-order valence-electron chi connectivity index (χ0n) is 19.4. The summed E-state index contributed by atoms with van der Waals surface area (Å²) < 4.78 is 30.1. The molecule has 2 N–H and O–H groups in total. The predicted molar refractivity (Wildman–Crippen MR) is 130 cm³/mol. The third kappa shape index (κ3) is 6.26. The standard InChI is InChI=1S/C27H23FN2O6/c1-17-25(29-27(33)34-15-14-19-4-2-3-5-23(19)28)26(36-30-17)20-8-12-22(13-9-20)35-21-10-6-18(7-11-21)16-24(31)32/h2-13H,14-16H2,1H3,(H,29,33)(H,31,32). The molecule has 0 saturated carbocycles. The number of aliphatic carboxylic acids is 1. The first-order valence-electron chi connectivity index (χ1n) is 11.1. The fourth-order valence-electron chi connectivity index (χ4n) is 3.47. The number of carboxylic acid groups (broad SMARTS) is 1. The van der Waals surface area contributed by atoms with E-state index in [9.17, 15) is 14.0 Å². The smallest absolute Gasteiger partial charge is 0.411 e. The van der Waals surface area contributed by atoms with E-state index in [2.05, 4.69) is 10.5 Å². The minimum absolute atomic E-state index is 0.00967. The van der Waals surface area contributed by atoms with Gasteiger partial charge in [0.2, 0.25) is 0 Å². The fourth-order valence-corrected chi connectivity index (χ4v) is 3.47. The van der Waals surface area contributed by atoms with Gasteiger partial charge in [0.15, 0.2) is 5.76 Å². The number of ether oxygens (including phenoxy) is 2. The molecule has 4 rings (SSSR count). The Morgan fingerprint density at radius 3 is 2.33 bits per heavy atom. The Bertz CT molecular complexity index is 1350. The summed E-state index contributed by atoms with van der Waals surface area (Å²) in [4.78, 5) is 23.1. The van der Waals surface area contributed by atoms with E-state index in [-0.39, 0.29) is 25.3 Å². The Morgan fingerprint density at radius 1 is 1.00 bits per heavy atom. The minimum Gasteiger partial charge on any atom is -0.481 e. The summed E-state index contributed by atoms with van der Waals surface area (Å²) in [5.74, 6) is 0.229. The molecule has 4 aromatic rings. The molecule has 0 aliphatic rings. The van der Waals surface area contributed by atoms with E-state index in [0.29, 0.717) is 45.3 Å². The van der Waals surface area contributed by atoms with Crippen molar-refractivity contribution in [3.05, 3.63) is 95.4 Å². The van der Waals surface area contributed by atoms with Gasteiger partial charge in [0.05, 0.1) is 13.0 Å². The molecule has 8 nitrogen and oxygen atoms in total. The van der Waals surface area contributed by atoms with Crippen LogP contribution in [0.4, 0.5) is 14.9 Å². The van der Waals surface area contributed by atoms with Crippen LogP contribution in [0.15, 0.2) is 77.3 Å². The third-order valence-electron chi connectivity index (χ3n) is 5.28. The SMILES string of the molecule is Cc1noc(-c2ccc(Oc3ccc(CC(=O)O)cc3)cc2)c1NC(=O)OCCc1ccccc1F. The molecule has 0 fully saturated rings. The van der Waals surface area contributed by atoms with Gasteiger partial charge in [-0.05, 0) is 60.5 Å². The number of nitrogens with one attached hydrogen (secondary N) is 1. The molecule has 0 aliphatic heterocycles. The molecule has 0 radical (unpaired) electrons. The summed E-state index contributed by atoms with van der Waals surface area (Å²) in [5, 5.41) is 15.4. The molecule has 1 aromatic heterocycles. The van der Waals surface area contributed by atoms with Crippen molar-refractivity contribution in [2.24, 2.45) is 0 Å². The first-order chi connectivity index (χ1) is 17.4. The minimum atomic E-state index is -0.897. The number of hydrogen-bond acceptors (Lipinski definition) is 6. The highest BCUT2D eigenvalue weighted by atomic mass is 19.1. The molecular formula is C27H23FN2O6. The number of rotatable bonds is 9. The van der Waals surface area contributed by atoms with E-state index in [1.807, 2.05) is 0 Å². The molecule has 184 valence electrons. The maximum atomic E-state index is 13.7. The lowest BCUT2D eigenvalue weighted by atomic mass is 10.1. The van der Waals surface area contributed by atoms with Gasteiger partial charge in [0.1, 0.15) is 28.7 Å². The highest BCUT2D eigenvalue weighted by Crippen LogP contribution is 2.33. The zero-order valence-corrected chi connectivity index (χ0v) is 19.4. The number of nitrogens with zero attached hydrogens (tertiary/aromatic N) is 1. The van der Waals surface area contributed by atoms with Crippen molar-refractivity contribution in [3.8, 4) is 22.8 Å². The van der Waals surface area contributed by atoms with Crippen molar-refractivity contribution < 1.29 is 33.1 Å². The summed E-state index contributed by atoms with van der Waals surface area (Å²) in [5.41, 5.74) is 2.63. The van der Waals surface area contributed by atoms with Crippen LogP contribution in [0.5, 0.6) is 11.5 Å². The van der Waals surface area contributed by atoms with Gasteiger partial charge in [-0.2, -0.15) is 0 Å². The highest BCUT2D eigenvalue weighted by molar-refractivity contribution is 5.90. The molecule has 1 amide bonds. The number of carbonyl (C=O) groups is 2. The Labute approximate surface area is 206 Å². The molecule has 1 heterocycles. The maximum absolute atomic E-state index is 13.7. The molecular weight excluding hydrogens is 467 g/mol. The van der Waals surface area contributed by atoms with Crippen LogP contribution in [-0.4, -0.2) is 28.9 Å². The maximum Gasteiger partial charge on any atom is 0.411 e. The quantitative estimate of drug-likeness (QED) is 0.296. The molecule has 0 saturated heterocycles. The van der Waals surface area contributed by atoms with Crippen molar-refractivity contribution in [1.82, 2.24) is 5.16 Å². The molecule has 3 aromatic carbocycles. The second-order valence-corrected chi connectivity index (χ2v) is 7.92. The number of amides is 1. The van der Waals surface area contributed by atoms with Crippen LogP contribution in [0.1, 0.15) is 16.8 Å². The van der Waals surface area contributed by atoms with Gasteiger partial charge in [-0.25, -0.2) is 9.18 Å². The number of carboxylic acids is 1. The van der Waals surface area contributed by atoms with Gasteiger partial charge in [-0.3, -0.25) is 10.1 Å². The molecule has 0 atom stereocenters. The number of hydrogen-bond donors (Lipinski definition) is 2. The van der Waals surface area contributed by atoms with E-state index in [1.54, 1.807) is 73.7 Å². The molecule has 0 unspecified atom stereocenters. The van der Waals surface area contributed by atoms with Gasteiger partial charge in [0, 0.05) is 12.0 Å². The number of carbonyl (C=O) groups excluding carboxylic acids is 1. The summed E-state index contributed by atoms with van der Waals surface area (Å²) in [7, 11) is 0. The van der Waals surface area contributed by atoms with Crippen LogP contribution in [0.25, 0.3) is 11.3 Å². The number of halogens is 1. The summed E-state index contributed by atoms with van der Waals surface area (Å²) in [6.45, 7) is 1.70. The van der Waals surface area contributed by atoms with Crippen molar-refractivity contribution in [3.63, 3.8) is 0 Å². The third-order valence-corrected chi connectivity index (χ3v) is 5.28.